The normalized spacial score (nSPS) is 13.0. The van der Waals surface area contributed by atoms with E-state index in [1.807, 2.05) is 24.3 Å². The van der Waals surface area contributed by atoms with Gasteiger partial charge in [-0.1, -0.05) is 72.8 Å². The van der Waals surface area contributed by atoms with Crippen LogP contribution in [0.5, 0.6) is 0 Å². The lowest BCUT2D eigenvalue weighted by atomic mass is 9.82. The molecule has 2 atom stereocenters. The third kappa shape index (κ3) is 7.62. The third-order valence-electron chi connectivity index (χ3n) is 8.19. The highest BCUT2D eigenvalue weighted by Gasteiger charge is 2.31. The molecule has 1 amide bonds. The van der Waals surface area contributed by atoms with E-state index in [1.165, 1.54) is 32.4 Å². The fourth-order valence-electron chi connectivity index (χ4n) is 5.74. The maximum atomic E-state index is 13.5. The molecule has 0 spiro atoms. The molecular weight excluding hydrogens is 612 g/mol. The number of Topliss-reactive ketones (excluding diaryl/α,β-unsaturated/α-hetero) is 1. The Hall–Kier alpha value is -5.74. The van der Waals surface area contributed by atoms with Gasteiger partial charge in [-0.3, -0.25) is 29.3 Å². The van der Waals surface area contributed by atoms with Crippen LogP contribution in [0.3, 0.4) is 0 Å². The Labute approximate surface area is 277 Å². The number of ketones is 3. The highest BCUT2D eigenvalue weighted by Crippen LogP contribution is 2.31. The second-order valence-corrected chi connectivity index (χ2v) is 11.3. The first-order chi connectivity index (χ1) is 23.2. The van der Waals surface area contributed by atoms with Gasteiger partial charge in [0.05, 0.1) is 26.7 Å². The van der Waals surface area contributed by atoms with Gasteiger partial charge < -0.3 is 14.8 Å². The van der Waals surface area contributed by atoms with E-state index >= 15 is 0 Å². The topological polar surface area (TPSA) is 145 Å². The first-order valence-corrected chi connectivity index (χ1v) is 15.4. The number of amides is 1. The Kier molecular flexibility index (Phi) is 10.7. The van der Waals surface area contributed by atoms with Gasteiger partial charge in [-0.25, -0.2) is 4.79 Å². The molecule has 0 radical (unpaired) electrons. The van der Waals surface area contributed by atoms with E-state index < -0.39 is 23.9 Å². The summed E-state index contributed by atoms with van der Waals surface area (Å²) in [5.41, 5.74) is 3.02. The molecule has 0 bridgehead atoms. The number of esters is 2. The van der Waals surface area contributed by atoms with Crippen molar-refractivity contribution < 1.29 is 38.2 Å². The summed E-state index contributed by atoms with van der Waals surface area (Å²) in [5, 5.41) is 5.71. The Morgan fingerprint density at radius 1 is 0.667 bits per heavy atom. The molecule has 244 valence electrons. The van der Waals surface area contributed by atoms with Crippen LogP contribution in [0.15, 0.2) is 97.1 Å². The lowest BCUT2D eigenvalue weighted by Crippen LogP contribution is -2.34. The highest BCUT2D eigenvalue weighted by atomic mass is 16.5. The molecule has 1 aliphatic carbocycles. The molecule has 0 unspecified atom stereocenters. The maximum Gasteiger partial charge on any atom is 0.327 e. The van der Waals surface area contributed by atoms with Crippen molar-refractivity contribution in [2.75, 3.05) is 26.1 Å². The molecule has 2 N–H and O–H groups in total. The summed E-state index contributed by atoms with van der Waals surface area (Å²) >= 11 is 0. The van der Waals surface area contributed by atoms with Crippen LogP contribution in [-0.2, 0) is 35.1 Å². The molecular formula is C38H34N2O8. The average Bonchev–Trinajstić information content (AvgIpc) is 3.11. The zero-order valence-corrected chi connectivity index (χ0v) is 26.5. The molecule has 5 rings (SSSR count). The van der Waals surface area contributed by atoms with E-state index in [9.17, 15) is 28.8 Å². The quantitative estimate of drug-likeness (QED) is 0.173. The Morgan fingerprint density at radius 2 is 1.25 bits per heavy atom. The largest absolute Gasteiger partial charge is 0.469 e. The molecule has 0 aliphatic heterocycles. The molecule has 0 saturated heterocycles. The van der Waals surface area contributed by atoms with Crippen molar-refractivity contribution >= 4 is 40.9 Å². The number of hydrogen-bond donors (Lipinski definition) is 2. The van der Waals surface area contributed by atoms with Gasteiger partial charge in [0.15, 0.2) is 17.3 Å². The van der Waals surface area contributed by atoms with Crippen LogP contribution < -0.4 is 10.6 Å². The van der Waals surface area contributed by atoms with Crippen LogP contribution >= 0.6 is 0 Å². The van der Waals surface area contributed by atoms with Crippen LogP contribution in [0.25, 0.3) is 0 Å². The Bertz CT molecular complexity index is 1730. The van der Waals surface area contributed by atoms with Crippen molar-refractivity contribution in [1.82, 2.24) is 5.32 Å². The molecule has 48 heavy (non-hydrogen) atoms. The SMILES string of the molecule is COC(=O)[C@H](CCC(=O)Nc1ccc2c(c1)C(=O)c1ccc(CC(=O)CN[C@@H](C(=O)OC)c3ccccc3)cc1C2=O)c1ccccc1. The van der Waals surface area contributed by atoms with Gasteiger partial charge in [0.25, 0.3) is 0 Å². The Morgan fingerprint density at radius 3 is 1.88 bits per heavy atom. The molecule has 0 aromatic heterocycles. The third-order valence-corrected chi connectivity index (χ3v) is 8.19. The van der Waals surface area contributed by atoms with Gasteiger partial charge in [-0.2, -0.15) is 0 Å². The number of nitrogens with one attached hydrogen (secondary N) is 2. The van der Waals surface area contributed by atoms with Gasteiger partial charge in [-0.15, -0.1) is 0 Å². The van der Waals surface area contributed by atoms with Crippen molar-refractivity contribution in [1.29, 1.82) is 0 Å². The lowest BCUT2D eigenvalue weighted by molar-refractivity contribution is -0.144. The monoisotopic (exact) mass is 646 g/mol. The molecule has 4 aromatic carbocycles. The minimum Gasteiger partial charge on any atom is -0.469 e. The molecule has 0 heterocycles. The number of anilines is 1. The van der Waals surface area contributed by atoms with E-state index in [4.69, 9.17) is 9.47 Å². The van der Waals surface area contributed by atoms with Crippen molar-refractivity contribution in [3.05, 3.63) is 136 Å². The van der Waals surface area contributed by atoms with Crippen LogP contribution in [0, 0.1) is 0 Å². The van der Waals surface area contributed by atoms with Gasteiger partial charge >= 0.3 is 11.9 Å². The standard InChI is InChI=1S/C38H34N2O8/c1-47-37(45)28(24-9-5-3-6-10-24)17-18-33(42)40-26-14-16-30-32(21-26)36(44)29-15-13-23(20-31(29)35(30)43)19-27(41)22-39-34(38(46)48-2)25-11-7-4-8-12-25/h3-16,20-21,28,34,39H,17-19,22H2,1-2H3,(H,40,42)/t28-,34-/m1/s1. The molecule has 1 aliphatic rings. The van der Waals surface area contributed by atoms with Crippen LogP contribution in [0.2, 0.25) is 0 Å². The van der Waals surface area contributed by atoms with E-state index in [0.717, 1.165) is 5.56 Å². The summed E-state index contributed by atoms with van der Waals surface area (Å²) < 4.78 is 9.81. The average molecular weight is 647 g/mol. The van der Waals surface area contributed by atoms with Crippen LogP contribution in [-0.4, -0.2) is 56.0 Å². The number of carbonyl (C=O) groups excluding carboxylic acids is 6. The lowest BCUT2D eigenvalue weighted by Gasteiger charge is -2.20. The van der Waals surface area contributed by atoms with Gasteiger partial charge in [0.1, 0.15) is 6.04 Å². The summed E-state index contributed by atoms with van der Waals surface area (Å²) in [5.74, 6) is -2.91. The van der Waals surface area contributed by atoms with E-state index in [-0.39, 0.29) is 71.3 Å². The van der Waals surface area contributed by atoms with E-state index in [2.05, 4.69) is 10.6 Å². The fourth-order valence-corrected chi connectivity index (χ4v) is 5.74. The number of fused-ring (bicyclic) bond motifs is 2. The summed E-state index contributed by atoms with van der Waals surface area (Å²) in [6.45, 7) is -0.119. The first-order valence-electron chi connectivity index (χ1n) is 15.4. The van der Waals surface area contributed by atoms with Crippen LogP contribution in [0.1, 0.15) is 73.3 Å². The zero-order chi connectivity index (χ0) is 34.2. The van der Waals surface area contributed by atoms with Crippen molar-refractivity contribution in [3.8, 4) is 0 Å². The highest BCUT2D eigenvalue weighted by molar-refractivity contribution is 6.28. The summed E-state index contributed by atoms with van der Waals surface area (Å²) in [7, 11) is 2.58. The molecule has 0 saturated carbocycles. The van der Waals surface area contributed by atoms with Gasteiger partial charge in [0, 0.05) is 40.8 Å². The minimum atomic E-state index is -0.819. The number of benzene rings is 4. The predicted molar refractivity (Wildman–Crippen MR) is 177 cm³/mol. The van der Waals surface area contributed by atoms with Gasteiger partial charge in [-0.05, 0) is 47.4 Å². The molecule has 4 aromatic rings. The van der Waals surface area contributed by atoms with Crippen molar-refractivity contribution in [3.63, 3.8) is 0 Å². The van der Waals surface area contributed by atoms with Crippen LogP contribution in [0.4, 0.5) is 5.69 Å². The predicted octanol–water partition coefficient (Wildman–Crippen LogP) is 4.75. The summed E-state index contributed by atoms with van der Waals surface area (Å²) in [4.78, 5) is 77.3. The number of hydrogen-bond acceptors (Lipinski definition) is 9. The van der Waals surface area contributed by atoms with Crippen molar-refractivity contribution in [2.45, 2.75) is 31.2 Å². The second kappa shape index (κ2) is 15.2. The molecule has 10 heteroatoms. The second-order valence-electron chi connectivity index (χ2n) is 11.3. The van der Waals surface area contributed by atoms with Crippen molar-refractivity contribution in [2.24, 2.45) is 0 Å². The molecule has 10 nitrogen and oxygen atoms in total. The Balaban J connectivity index is 1.23. The number of rotatable bonds is 13. The van der Waals surface area contributed by atoms with E-state index in [1.54, 1.807) is 54.6 Å². The zero-order valence-electron chi connectivity index (χ0n) is 26.5. The fraction of sp³-hybridized carbons (Fsp3) is 0.211. The first kappa shape index (κ1) is 33.6. The minimum absolute atomic E-state index is 0.0219. The number of ether oxygens (including phenoxy) is 2. The molecule has 0 fully saturated rings. The summed E-state index contributed by atoms with van der Waals surface area (Å²) in [6, 6.07) is 26.3. The number of methoxy groups -OCH3 is 2. The van der Waals surface area contributed by atoms with Gasteiger partial charge in [0.2, 0.25) is 5.91 Å². The smallest absolute Gasteiger partial charge is 0.327 e. The number of carbonyl (C=O) groups is 6. The van der Waals surface area contributed by atoms with E-state index in [0.29, 0.717) is 16.8 Å². The maximum absolute atomic E-state index is 13.5. The summed E-state index contributed by atoms with van der Waals surface area (Å²) in [6.07, 6.45) is 0.218.